The number of methoxy groups -OCH3 is 1. The summed E-state index contributed by atoms with van der Waals surface area (Å²) in [5, 5.41) is 0. The van der Waals surface area contributed by atoms with Crippen molar-refractivity contribution < 1.29 is 4.74 Å². The van der Waals surface area contributed by atoms with Crippen molar-refractivity contribution in [2.24, 2.45) is 11.7 Å². The average molecular weight is 228 g/mol. The van der Waals surface area contributed by atoms with Crippen LogP contribution in [0.4, 0.5) is 0 Å². The quantitative estimate of drug-likeness (QED) is 0.645. The molecule has 1 rings (SSSR count). The van der Waals surface area contributed by atoms with E-state index in [1.165, 1.54) is 32.4 Å². The van der Waals surface area contributed by atoms with Gasteiger partial charge in [-0.1, -0.05) is 13.3 Å². The van der Waals surface area contributed by atoms with Crippen LogP contribution in [0.5, 0.6) is 0 Å². The molecule has 3 nitrogen and oxygen atoms in total. The van der Waals surface area contributed by atoms with E-state index in [0.717, 1.165) is 31.9 Å². The molecule has 1 aliphatic rings. The Hall–Kier alpha value is -0.120. The van der Waals surface area contributed by atoms with Gasteiger partial charge in [-0.2, -0.15) is 0 Å². The molecular weight excluding hydrogens is 200 g/mol. The largest absolute Gasteiger partial charge is 0.385 e. The Bertz CT molecular complexity index is 175. The first kappa shape index (κ1) is 13.9. The SMILES string of the molecule is CCCC1CCN(CC(N)CCCOC)C1. The summed E-state index contributed by atoms with van der Waals surface area (Å²) in [6.45, 7) is 6.71. The Kier molecular flexibility index (Phi) is 7.01. The molecule has 0 amide bonds. The monoisotopic (exact) mass is 228 g/mol. The van der Waals surface area contributed by atoms with Crippen molar-refractivity contribution in [2.45, 2.75) is 45.1 Å². The molecule has 1 fully saturated rings. The van der Waals surface area contributed by atoms with Crippen molar-refractivity contribution >= 4 is 0 Å². The van der Waals surface area contributed by atoms with Gasteiger partial charge in [0.15, 0.2) is 0 Å². The lowest BCUT2D eigenvalue weighted by molar-refractivity contribution is 0.187. The van der Waals surface area contributed by atoms with Crippen LogP contribution in [0.3, 0.4) is 0 Å². The smallest absolute Gasteiger partial charge is 0.0462 e. The number of hydrogen-bond acceptors (Lipinski definition) is 3. The molecule has 2 N–H and O–H groups in total. The minimum absolute atomic E-state index is 0.329. The van der Waals surface area contributed by atoms with Crippen LogP contribution in [0.1, 0.15) is 39.0 Å². The van der Waals surface area contributed by atoms with Gasteiger partial charge in [0.25, 0.3) is 0 Å². The van der Waals surface area contributed by atoms with Crippen molar-refractivity contribution in [3.05, 3.63) is 0 Å². The van der Waals surface area contributed by atoms with E-state index in [1.54, 1.807) is 7.11 Å². The third-order valence-corrected chi connectivity index (χ3v) is 3.48. The lowest BCUT2D eigenvalue weighted by atomic mass is 10.0. The molecule has 16 heavy (non-hydrogen) atoms. The van der Waals surface area contributed by atoms with E-state index < -0.39 is 0 Å². The van der Waals surface area contributed by atoms with Gasteiger partial charge in [-0.25, -0.2) is 0 Å². The van der Waals surface area contributed by atoms with Crippen LogP contribution in [-0.4, -0.2) is 44.3 Å². The van der Waals surface area contributed by atoms with Gasteiger partial charge in [0, 0.05) is 32.8 Å². The third-order valence-electron chi connectivity index (χ3n) is 3.48. The maximum Gasteiger partial charge on any atom is 0.0462 e. The third kappa shape index (κ3) is 5.28. The van der Waals surface area contributed by atoms with Crippen LogP contribution in [0.2, 0.25) is 0 Å². The minimum atomic E-state index is 0.329. The Morgan fingerprint density at radius 3 is 3.00 bits per heavy atom. The number of ether oxygens (including phenoxy) is 1. The molecule has 0 aromatic rings. The van der Waals surface area contributed by atoms with Gasteiger partial charge in [0.2, 0.25) is 0 Å². The molecule has 3 heteroatoms. The summed E-state index contributed by atoms with van der Waals surface area (Å²) in [6, 6.07) is 0.329. The lowest BCUT2D eigenvalue weighted by Crippen LogP contribution is -2.36. The fraction of sp³-hybridized carbons (Fsp3) is 1.00. The van der Waals surface area contributed by atoms with Crippen LogP contribution >= 0.6 is 0 Å². The van der Waals surface area contributed by atoms with Crippen LogP contribution in [0, 0.1) is 5.92 Å². The Morgan fingerprint density at radius 1 is 1.50 bits per heavy atom. The Morgan fingerprint density at radius 2 is 2.31 bits per heavy atom. The van der Waals surface area contributed by atoms with Crippen molar-refractivity contribution in [1.29, 1.82) is 0 Å². The maximum atomic E-state index is 6.12. The zero-order valence-electron chi connectivity index (χ0n) is 11.0. The first-order chi connectivity index (χ1) is 7.76. The molecule has 0 aromatic carbocycles. The Balaban J connectivity index is 2.08. The van der Waals surface area contributed by atoms with E-state index in [1.807, 2.05) is 0 Å². The highest BCUT2D eigenvalue weighted by atomic mass is 16.5. The van der Waals surface area contributed by atoms with E-state index in [-0.39, 0.29) is 0 Å². The van der Waals surface area contributed by atoms with Crippen molar-refractivity contribution in [3.8, 4) is 0 Å². The summed E-state index contributed by atoms with van der Waals surface area (Å²) in [7, 11) is 1.75. The van der Waals surface area contributed by atoms with E-state index in [2.05, 4.69) is 11.8 Å². The van der Waals surface area contributed by atoms with Crippen molar-refractivity contribution in [3.63, 3.8) is 0 Å². The van der Waals surface area contributed by atoms with Crippen molar-refractivity contribution in [1.82, 2.24) is 4.90 Å². The number of nitrogens with zero attached hydrogens (tertiary/aromatic N) is 1. The molecule has 1 heterocycles. The molecular formula is C13H28N2O. The first-order valence-electron chi connectivity index (χ1n) is 6.73. The van der Waals surface area contributed by atoms with Gasteiger partial charge in [0.1, 0.15) is 0 Å². The summed E-state index contributed by atoms with van der Waals surface area (Å²) in [5.74, 6) is 0.927. The predicted octanol–water partition coefficient (Wildman–Crippen LogP) is 1.86. The second kappa shape index (κ2) is 8.04. The normalized spacial score (nSPS) is 23.8. The molecule has 0 radical (unpaired) electrons. The standard InChI is InChI=1S/C13H28N2O/c1-3-5-12-7-8-15(10-12)11-13(14)6-4-9-16-2/h12-13H,3-11,14H2,1-2H3. The molecule has 96 valence electrons. The van der Waals surface area contributed by atoms with Gasteiger partial charge in [-0.05, 0) is 38.1 Å². The van der Waals surface area contributed by atoms with E-state index in [9.17, 15) is 0 Å². The van der Waals surface area contributed by atoms with Gasteiger partial charge >= 0.3 is 0 Å². The fourth-order valence-electron chi connectivity index (χ4n) is 2.64. The molecule has 0 spiro atoms. The molecule has 1 saturated heterocycles. The molecule has 0 aliphatic carbocycles. The summed E-state index contributed by atoms with van der Waals surface area (Å²) < 4.78 is 5.04. The number of rotatable bonds is 8. The Labute approximate surface area is 100 Å². The molecule has 0 aromatic heterocycles. The van der Waals surface area contributed by atoms with Crippen LogP contribution in [0.15, 0.2) is 0 Å². The molecule has 2 unspecified atom stereocenters. The molecule has 1 aliphatic heterocycles. The fourth-order valence-corrected chi connectivity index (χ4v) is 2.64. The van der Waals surface area contributed by atoms with Crippen molar-refractivity contribution in [2.75, 3.05) is 33.4 Å². The average Bonchev–Trinajstić information content (AvgIpc) is 2.66. The van der Waals surface area contributed by atoms with Crippen LogP contribution in [0.25, 0.3) is 0 Å². The summed E-state index contributed by atoms with van der Waals surface area (Å²) in [6.07, 6.45) is 6.25. The highest BCUT2D eigenvalue weighted by Gasteiger charge is 2.22. The number of likely N-dealkylation sites (tertiary alicyclic amines) is 1. The predicted molar refractivity (Wildman–Crippen MR) is 68.5 cm³/mol. The van der Waals surface area contributed by atoms with Gasteiger partial charge in [-0.15, -0.1) is 0 Å². The summed E-state index contributed by atoms with van der Waals surface area (Å²) in [5.41, 5.74) is 6.12. The summed E-state index contributed by atoms with van der Waals surface area (Å²) >= 11 is 0. The number of nitrogens with two attached hydrogens (primary N) is 1. The second-order valence-corrected chi connectivity index (χ2v) is 5.10. The first-order valence-corrected chi connectivity index (χ1v) is 6.73. The van der Waals surface area contributed by atoms with Gasteiger partial charge in [-0.3, -0.25) is 0 Å². The molecule has 0 saturated carbocycles. The van der Waals surface area contributed by atoms with Crippen LogP contribution in [-0.2, 0) is 4.74 Å². The second-order valence-electron chi connectivity index (χ2n) is 5.10. The van der Waals surface area contributed by atoms with E-state index in [4.69, 9.17) is 10.5 Å². The number of hydrogen-bond donors (Lipinski definition) is 1. The zero-order valence-corrected chi connectivity index (χ0v) is 11.0. The molecule has 2 atom stereocenters. The summed E-state index contributed by atoms with van der Waals surface area (Å²) in [4.78, 5) is 2.54. The van der Waals surface area contributed by atoms with Gasteiger partial charge < -0.3 is 15.4 Å². The lowest BCUT2D eigenvalue weighted by Gasteiger charge is -2.20. The maximum absolute atomic E-state index is 6.12. The highest BCUT2D eigenvalue weighted by Crippen LogP contribution is 2.20. The van der Waals surface area contributed by atoms with Gasteiger partial charge in [0.05, 0.1) is 0 Å². The molecule has 0 bridgehead atoms. The minimum Gasteiger partial charge on any atom is -0.385 e. The topological polar surface area (TPSA) is 38.5 Å². The van der Waals surface area contributed by atoms with Crippen LogP contribution < -0.4 is 5.73 Å². The zero-order chi connectivity index (χ0) is 11.8. The van der Waals surface area contributed by atoms with E-state index >= 15 is 0 Å². The highest BCUT2D eigenvalue weighted by molar-refractivity contribution is 4.78. The van der Waals surface area contributed by atoms with E-state index in [0.29, 0.717) is 6.04 Å².